The van der Waals surface area contributed by atoms with E-state index in [0.29, 0.717) is 18.0 Å². The zero-order valence-corrected chi connectivity index (χ0v) is 19.5. The van der Waals surface area contributed by atoms with Crippen LogP contribution in [-0.4, -0.2) is 63.9 Å². The van der Waals surface area contributed by atoms with Crippen molar-refractivity contribution < 1.29 is 46.3 Å². The Bertz CT molecular complexity index is 1080. The van der Waals surface area contributed by atoms with Crippen LogP contribution in [0.15, 0.2) is 12.7 Å². The van der Waals surface area contributed by atoms with Crippen molar-refractivity contribution in [3.63, 3.8) is 0 Å². The van der Waals surface area contributed by atoms with Gasteiger partial charge in [-0.05, 0) is 6.42 Å². The maximum Gasteiger partial charge on any atom is 0.472 e. The highest BCUT2D eigenvalue weighted by molar-refractivity contribution is 7.47. The summed E-state index contributed by atoms with van der Waals surface area (Å²) in [5, 5.41) is 3.30. The van der Waals surface area contributed by atoms with Crippen LogP contribution >= 0.6 is 15.6 Å². The highest BCUT2D eigenvalue weighted by atomic mass is 31.2. The lowest BCUT2D eigenvalue weighted by Gasteiger charge is -2.20. The van der Waals surface area contributed by atoms with Crippen LogP contribution in [0.3, 0.4) is 0 Å². The third kappa shape index (κ3) is 4.60. The molecule has 4 rings (SSSR count). The number of nitrogens with one attached hydrogen (secondary N) is 1. The Hall–Kier alpha value is -1.47. The second-order valence-electron chi connectivity index (χ2n) is 7.37. The minimum Gasteiger partial charge on any atom is -0.363 e. The first-order valence-corrected chi connectivity index (χ1v) is 12.9. The maximum atomic E-state index is 12.0. The number of aromatic nitrogens is 4. The summed E-state index contributed by atoms with van der Waals surface area (Å²) in [5.74, 6) is 0.699. The molecule has 2 aromatic rings. The first kappa shape index (κ1) is 23.7. The summed E-state index contributed by atoms with van der Waals surface area (Å²) in [4.78, 5) is 28.1. The highest BCUT2D eigenvalue weighted by Gasteiger charge is 2.45. The van der Waals surface area contributed by atoms with E-state index >= 15 is 0 Å². The molecule has 0 spiro atoms. The SMILES string of the molecule is CCC1CNc2ncnc3c2n1c[n+]3[C@H]1C[C@@H](OP(=O)(O)OC)[C@@H](COP(=O)(O)OC)O1. The zero-order valence-electron chi connectivity index (χ0n) is 17.7. The van der Waals surface area contributed by atoms with Gasteiger partial charge in [0.15, 0.2) is 24.7 Å². The molecule has 0 aromatic carbocycles. The van der Waals surface area contributed by atoms with Gasteiger partial charge in [-0.3, -0.25) is 22.7 Å². The minimum absolute atomic E-state index is 0.137. The summed E-state index contributed by atoms with van der Waals surface area (Å²) in [6.07, 6.45) is 1.74. The molecule has 0 bridgehead atoms. The molecule has 0 aliphatic carbocycles. The van der Waals surface area contributed by atoms with Crippen LogP contribution in [0.5, 0.6) is 0 Å². The van der Waals surface area contributed by atoms with Crippen LogP contribution in [0.25, 0.3) is 11.2 Å². The van der Waals surface area contributed by atoms with Gasteiger partial charge in [-0.2, -0.15) is 4.98 Å². The van der Waals surface area contributed by atoms with Gasteiger partial charge in [-0.15, -0.1) is 0 Å². The van der Waals surface area contributed by atoms with Gasteiger partial charge in [-0.25, -0.2) is 13.7 Å². The van der Waals surface area contributed by atoms with Gasteiger partial charge in [0, 0.05) is 20.6 Å². The topological polar surface area (TPSA) is 167 Å². The Labute approximate surface area is 183 Å². The van der Waals surface area contributed by atoms with Crippen molar-refractivity contribution in [2.24, 2.45) is 0 Å². The fourth-order valence-corrected chi connectivity index (χ4v) is 4.97. The second-order valence-corrected chi connectivity index (χ2v) is 10.4. The molecule has 2 aromatic heterocycles. The Morgan fingerprint density at radius 2 is 2.03 bits per heavy atom. The van der Waals surface area contributed by atoms with Crippen molar-refractivity contribution in [3.05, 3.63) is 12.7 Å². The van der Waals surface area contributed by atoms with E-state index < -0.39 is 40.7 Å². The van der Waals surface area contributed by atoms with Crippen LogP contribution in [0.1, 0.15) is 32.0 Å². The third-order valence-corrected chi connectivity index (χ3v) is 7.48. The molecule has 32 heavy (non-hydrogen) atoms. The standard InChI is InChI=1S/C16H25N5O9P2/c1-4-10-6-17-15-14-16(19-8-18-15)21(9-20(10)14)13-5-11(30-32(24,25)27-3)12(29-13)7-28-31(22,23)26-2/h8-13H,4-7H2,1-3H3,(H2-,17,18,19,22,23,24,25)/p+1/t10?,11-,12-,13-/m1/s1. The van der Waals surface area contributed by atoms with E-state index in [1.54, 1.807) is 4.57 Å². The summed E-state index contributed by atoms with van der Waals surface area (Å²) in [5.41, 5.74) is 1.42. The minimum atomic E-state index is -4.36. The van der Waals surface area contributed by atoms with E-state index in [0.717, 1.165) is 26.2 Å². The van der Waals surface area contributed by atoms with Gasteiger partial charge in [0.05, 0.1) is 19.2 Å². The Kier molecular flexibility index (Phi) is 6.70. The van der Waals surface area contributed by atoms with Crippen molar-refractivity contribution in [2.75, 3.05) is 32.7 Å². The van der Waals surface area contributed by atoms with Gasteiger partial charge >= 0.3 is 21.3 Å². The van der Waals surface area contributed by atoms with Crippen molar-refractivity contribution >= 4 is 32.6 Å². The molecule has 4 heterocycles. The highest BCUT2D eigenvalue weighted by Crippen LogP contribution is 2.48. The third-order valence-electron chi connectivity index (χ3n) is 5.55. The fraction of sp³-hybridized carbons (Fsp3) is 0.688. The number of phosphoric acid groups is 2. The lowest BCUT2D eigenvalue weighted by molar-refractivity contribution is -0.739. The molecule has 3 N–H and O–H groups in total. The van der Waals surface area contributed by atoms with Crippen LogP contribution < -0.4 is 9.88 Å². The van der Waals surface area contributed by atoms with Crippen LogP contribution in [0.4, 0.5) is 5.82 Å². The number of hydrogen-bond acceptors (Lipinski definition) is 10. The van der Waals surface area contributed by atoms with E-state index in [2.05, 4.69) is 35.8 Å². The number of phosphoric ester groups is 2. The fourth-order valence-electron chi connectivity index (χ4n) is 3.88. The normalized spacial score (nSPS) is 28.9. The van der Waals surface area contributed by atoms with Crippen LogP contribution in [-0.2, 0) is 32.0 Å². The number of rotatable bonds is 9. The predicted molar refractivity (Wildman–Crippen MR) is 109 cm³/mol. The summed E-state index contributed by atoms with van der Waals surface area (Å²) >= 11 is 0. The van der Waals surface area contributed by atoms with Gasteiger partial charge in [-0.1, -0.05) is 11.9 Å². The lowest BCUT2D eigenvalue weighted by atomic mass is 10.2. The molecule has 178 valence electrons. The molecule has 2 aliphatic heterocycles. The van der Waals surface area contributed by atoms with E-state index in [9.17, 15) is 18.9 Å². The second kappa shape index (κ2) is 9.05. The van der Waals surface area contributed by atoms with Gasteiger partial charge in [0.1, 0.15) is 12.2 Å². The summed E-state index contributed by atoms with van der Waals surface area (Å²) < 4.78 is 52.7. The van der Waals surface area contributed by atoms with Crippen LogP contribution in [0.2, 0.25) is 0 Å². The molecular weight excluding hydrogens is 468 g/mol. The monoisotopic (exact) mass is 494 g/mol. The molecule has 6 atom stereocenters. The van der Waals surface area contributed by atoms with E-state index in [1.807, 2.05) is 6.33 Å². The predicted octanol–water partition coefficient (Wildman–Crippen LogP) is 1.28. The first-order valence-electron chi connectivity index (χ1n) is 9.94. The average Bonchev–Trinajstić information content (AvgIpc) is 3.35. The Morgan fingerprint density at radius 1 is 1.28 bits per heavy atom. The quantitative estimate of drug-likeness (QED) is 0.338. The van der Waals surface area contributed by atoms with Gasteiger partial charge in [0.25, 0.3) is 0 Å². The molecule has 0 amide bonds. The smallest absolute Gasteiger partial charge is 0.363 e. The zero-order chi connectivity index (χ0) is 23.1. The van der Waals surface area contributed by atoms with Crippen molar-refractivity contribution in [3.8, 4) is 0 Å². The largest absolute Gasteiger partial charge is 0.472 e. The molecule has 3 unspecified atom stereocenters. The Balaban J connectivity index is 1.66. The number of ether oxygens (including phenoxy) is 1. The van der Waals surface area contributed by atoms with Crippen LogP contribution in [0, 0.1) is 0 Å². The molecule has 0 saturated carbocycles. The molecule has 1 saturated heterocycles. The average molecular weight is 494 g/mol. The van der Waals surface area contributed by atoms with Crippen molar-refractivity contribution in [1.29, 1.82) is 0 Å². The van der Waals surface area contributed by atoms with E-state index in [1.165, 1.54) is 6.33 Å². The Morgan fingerprint density at radius 3 is 2.72 bits per heavy atom. The molecule has 1 fully saturated rings. The van der Waals surface area contributed by atoms with Gasteiger partial charge < -0.3 is 19.8 Å². The maximum absolute atomic E-state index is 12.0. The summed E-state index contributed by atoms with van der Waals surface area (Å²) in [6.45, 7) is 2.38. The number of anilines is 1. The van der Waals surface area contributed by atoms with E-state index in [4.69, 9.17) is 13.8 Å². The van der Waals surface area contributed by atoms with E-state index in [-0.39, 0.29) is 12.5 Å². The van der Waals surface area contributed by atoms with Crippen molar-refractivity contribution in [1.82, 2.24) is 14.5 Å². The molecule has 16 heteroatoms. The number of hydrogen-bond donors (Lipinski definition) is 3. The molecule has 14 nitrogen and oxygen atoms in total. The molecule has 0 radical (unpaired) electrons. The first-order chi connectivity index (χ1) is 15.2. The summed E-state index contributed by atoms with van der Waals surface area (Å²) in [6, 6.07) is 0.179. The summed E-state index contributed by atoms with van der Waals surface area (Å²) in [7, 11) is -6.58. The molecule has 2 aliphatic rings. The van der Waals surface area contributed by atoms with Crippen molar-refractivity contribution in [2.45, 2.75) is 44.2 Å². The van der Waals surface area contributed by atoms with Gasteiger partial charge in [0.2, 0.25) is 5.52 Å². The molecular formula is C16H26N5O9P2+. The lowest BCUT2D eigenvalue weighted by Crippen LogP contribution is -2.39. The number of imidazole rings is 1. The number of nitrogens with zero attached hydrogens (tertiary/aromatic N) is 4.